The molecule has 0 aliphatic carbocycles. The first kappa shape index (κ1) is 22.3. The van der Waals surface area contributed by atoms with Crippen molar-refractivity contribution in [2.75, 3.05) is 0 Å². The lowest BCUT2D eigenvalue weighted by atomic mass is 9.97. The van der Waals surface area contributed by atoms with Gasteiger partial charge in [-0.15, -0.1) is 10.2 Å². The molecule has 1 aromatic heterocycles. The number of aldehydes is 1. The van der Waals surface area contributed by atoms with E-state index in [0.717, 1.165) is 41.4 Å². The number of amides is 1. The normalized spacial score (nSPS) is 12.0. The molecular formula is C24H29N5O2. The maximum atomic E-state index is 12.8. The number of carbonyl (C=O) groups excluding carboxylic acids is 2. The van der Waals surface area contributed by atoms with Crippen LogP contribution in [0.15, 0.2) is 48.5 Å². The Morgan fingerprint density at radius 2 is 1.81 bits per heavy atom. The molecule has 0 bridgehead atoms. The summed E-state index contributed by atoms with van der Waals surface area (Å²) in [6.07, 6.45) is 3.13. The molecule has 162 valence electrons. The number of aromatic nitrogens is 4. The van der Waals surface area contributed by atoms with Crippen LogP contribution >= 0.6 is 0 Å². The summed E-state index contributed by atoms with van der Waals surface area (Å²) >= 11 is 0. The number of hydrogen-bond acceptors (Lipinski definition) is 5. The Labute approximate surface area is 182 Å². The van der Waals surface area contributed by atoms with Crippen LogP contribution in [0.5, 0.6) is 0 Å². The second kappa shape index (κ2) is 10.6. The van der Waals surface area contributed by atoms with Crippen LogP contribution in [0.3, 0.4) is 0 Å². The lowest BCUT2D eigenvalue weighted by Crippen LogP contribution is -2.43. The summed E-state index contributed by atoms with van der Waals surface area (Å²) in [5, 5.41) is 14.3. The van der Waals surface area contributed by atoms with Gasteiger partial charge in [-0.1, -0.05) is 75.7 Å². The Morgan fingerprint density at radius 3 is 2.39 bits per heavy atom. The van der Waals surface area contributed by atoms with Crippen LogP contribution in [0.2, 0.25) is 0 Å². The second-order valence-corrected chi connectivity index (χ2v) is 7.97. The quantitative estimate of drug-likeness (QED) is 0.495. The van der Waals surface area contributed by atoms with Crippen LogP contribution in [-0.2, 0) is 16.1 Å². The predicted molar refractivity (Wildman–Crippen MR) is 120 cm³/mol. The minimum absolute atomic E-state index is 0.0270. The number of nitrogens with one attached hydrogen (secondary N) is 1. The molecule has 0 aliphatic rings. The molecule has 7 nitrogen and oxygen atoms in total. The summed E-state index contributed by atoms with van der Waals surface area (Å²) in [7, 11) is 0. The standard InChI is InChI=1S/C24H29N5O2/c1-4-5-10-23(31)29(22(16-30)17(2)3)15-18-11-13-19(14-12-18)20-8-6-7-9-21(20)24-25-27-28-26-24/h6-9,11-14,16-17,22H,4-5,10,15H2,1-3H3,(H,25,26,27,28). The molecule has 0 spiro atoms. The largest absolute Gasteiger partial charge is 0.328 e. The fourth-order valence-electron chi connectivity index (χ4n) is 3.61. The van der Waals surface area contributed by atoms with Crippen molar-refractivity contribution in [2.24, 2.45) is 5.92 Å². The molecule has 3 aromatic rings. The van der Waals surface area contributed by atoms with E-state index < -0.39 is 6.04 Å². The van der Waals surface area contributed by atoms with Gasteiger partial charge >= 0.3 is 0 Å². The van der Waals surface area contributed by atoms with Gasteiger partial charge in [0.15, 0.2) is 0 Å². The fraction of sp³-hybridized carbons (Fsp3) is 0.375. The maximum absolute atomic E-state index is 12.8. The highest BCUT2D eigenvalue weighted by atomic mass is 16.2. The Hall–Kier alpha value is -3.35. The van der Waals surface area contributed by atoms with E-state index in [2.05, 4.69) is 27.5 Å². The topological polar surface area (TPSA) is 91.8 Å². The average Bonchev–Trinajstić information content (AvgIpc) is 3.32. The molecule has 1 amide bonds. The average molecular weight is 420 g/mol. The highest BCUT2D eigenvalue weighted by molar-refractivity contribution is 5.81. The van der Waals surface area contributed by atoms with Crippen LogP contribution in [0.4, 0.5) is 0 Å². The summed E-state index contributed by atoms with van der Waals surface area (Å²) in [5.74, 6) is 0.626. The summed E-state index contributed by atoms with van der Waals surface area (Å²) in [5.41, 5.74) is 3.89. The molecule has 0 fully saturated rings. The smallest absolute Gasteiger partial charge is 0.223 e. The highest BCUT2D eigenvalue weighted by Crippen LogP contribution is 2.30. The van der Waals surface area contributed by atoms with E-state index in [0.29, 0.717) is 18.8 Å². The van der Waals surface area contributed by atoms with E-state index in [9.17, 15) is 9.59 Å². The first-order chi connectivity index (χ1) is 15.0. The molecule has 0 radical (unpaired) electrons. The van der Waals surface area contributed by atoms with Crippen LogP contribution in [-0.4, -0.2) is 43.8 Å². The number of hydrogen-bond donors (Lipinski definition) is 1. The van der Waals surface area contributed by atoms with Gasteiger partial charge in [0.1, 0.15) is 6.29 Å². The van der Waals surface area contributed by atoms with Crippen LogP contribution in [0.25, 0.3) is 22.5 Å². The SMILES string of the molecule is CCCCC(=O)N(Cc1ccc(-c2ccccc2-c2nn[nH]n2)cc1)C(C=O)C(C)C. The molecule has 0 saturated heterocycles. The number of aromatic amines is 1. The van der Waals surface area contributed by atoms with Crippen molar-refractivity contribution in [3.63, 3.8) is 0 Å². The Kier molecular flexibility index (Phi) is 7.65. The first-order valence-corrected chi connectivity index (χ1v) is 10.7. The van der Waals surface area contributed by atoms with Gasteiger partial charge < -0.3 is 9.69 Å². The van der Waals surface area contributed by atoms with E-state index in [1.165, 1.54) is 0 Å². The summed E-state index contributed by atoms with van der Waals surface area (Å²) < 4.78 is 0. The molecule has 1 unspecified atom stereocenters. The zero-order valence-electron chi connectivity index (χ0n) is 18.3. The summed E-state index contributed by atoms with van der Waals surface area (Å²) in [6, 6.07) is 15.5. The Bertz CT molecular complexity index is 983. The fourth-order valence-corrected chi connectivity index (χ4v) is 3.61. The lowest BCUT2D eigenvalue weighted by molar-refractivity contribution is -0.138. The number of carbonyl (C=O) groups is 2. The van der Waals surface area contributed by atoms with Gasteiger partial charge in [-0.2, -0.15) is 5.21 Å². The predicted octanol–water partition coefficient (Wildman–Crippen LogP) is 4.28. The molecule has 31 heavy (non-hydrogen) atoms. The van der Waals surface area contributed by atoms with Crippen molar-refractivity contribution in [3.05, 3.63) is 54.1 Å². The van der Waals surface area contributed by atoms with Crippen molar-refractivity contribution in [3.8, 4) is 22.5 Å². The van der Waals surface area contributed by atoms with Crippen molar-refractivity contribution >= 4 is 12.2 Å². The van der Waals surface area contributed by atoms with E-state index in [-0.39, 0.29) is 11.8 Å². The van der Waals surface area contributed by atoms with Gasteiger partial charge in [0.25, 0.3) is 0 Å². The van der Waals surface area contributed by atoms with Gasteiger partial charge in [-0.25, -0.2) is 0 Å². The number of H-pyrrole nitrogens is 1. The van der Waals surface area contributed by atoms with Crippen molar-refractivity contribution in [1.82, 2.24) is 25.5 Å². The van der Waals surface area contributed by atoms with Gasteiger partial charge in [-0.3, -0.25) is 4.79 Å². The van der Waals surface area contributed by atoms with Crippen LogP contribution in [0, 0.1) is 5.92 Å². The van der Waals surface area contributed by atoms with Gasteiger partial charge in [0.2, 0.25) is 11.7 Å². The van der Waals surface area contributed by atoms with Crippen molar-refractivity contribution < 1.29 is 9.59 Å². The third-order valence-corrected chi connectivity index (χ3v) is 5.38. The van der Waals surface area contributed by atoms with Gasteiger partial charge in [0.05, 0.1) is 6.04 Å². The van der Waals surface area contributed by atoms with Crippen LogP contribution < -0.4 is 0 Å². The number of unbranched alkanes of at least 4 members (excludes halogenated alkanes) is 1. The third kappa shape index (κ3) is 5.42. The van der Waals surface area contributed by atoms with Gasteiger partial charge in [0, 0.05) is 18.5 Å². The molecule has 0 saturated carbocycles. The molecule has 2 aromatic carbocycles. The summed E-state index contributed by atoms with van der Waals surface area (Å²) in [4.78, 5) is 26.3. The van der Waals surface area contributed by atoms with Crippen LogP contribution in [0.1, 0.15) is 45.6 Å². The number of rotatable bonds is 10. The molecule has 7 heteroatoms. The highest BCUT2D eigenvalue weighted by Gasteiger charge is 2.25. The minimum atomic E-state index is -0.428. The van der Waals surface area contributed by atoms with E-state index >= 15 is 0 Å². The number of benzene rings is 2. The molecule has 3 rings (SSSR count). The molecule has 1 N–H and O–H groups in total. The van der Waals surface area contributed by atoms with Gasteiger partial charge in [-0.05, 0) is 34.2 Å². The third-order valence-electron chi connectivity index (χ3n) is 5.38. The zero-order valence-corrected chi connectivity index (χ0v) is 18.3. The first-order valence-electron chi connectivity index (χ1n) is 10.7. The molecule has 1 heterocycles. The minimum Gasteiger partial charge on any atom is -0.328 e. The Balaban J connectivity index is 1.85. The number of nitrogens with zero attached hydrogens (tertiary/aromatic N) is 4. The second-order valence-electron chi connectivity index (χ2n) is 7.97. The monoisotopic (exact) mass is 419 g/mol. The number of tetrazole rings is 1. The van der Waals surface area contributed by atoms with Crippen molar-refractivity contribution in [2.45, 2.75) is 52.6 Å². The van der Waals surface area contributed by atoms with E-state index in [4.69, 9.17) is 0 Å². The van der Waals surface area contributed by atoms with E-state index in [1.54, 1.807) is 4.90 Å². The van der Waals surface area contributed by atoms with Crippen molar-refractivity contribution in [1.29, 1.82) is 0 Å². The Morgan fingerprint density at radius 1 is 1.10 bits per heavy atom. The molecule has 1 atom stereocenters. The molecular weight excluding hydrogens is 390 g/mol. The summed E-state index contributed by atoms with van der Waals surface area (Å²) in [6.45, 7) is 6.41. The zero-order chi connectivity index (χ0) is 22.2. The molecule has 0 aliphatic heterocycles. The lowest BCUT2D eigenvalue weighted by Gasteiger charge is -2.31. The maximum Gasteiger partial charge on any atom is 0.223 e. The van der Waals surface area contributed by atoms with E-state index in [1.807, 2.05) is 62.4 Å².